The van der Waals surface area contributed by atoms with Gasteiger partial charge in [-0.15, -0.1) is 12.4 Å². The number of benzene rings is 1. The van der Waals surface area contributed by atoms with Crippen molar-refractivity contribution in [1.29, 1.82) is 0 Å². The van der Waals surface area contributed by atoms with Crippen molar-refractivity contribution in [1.82, 2.24) is 10.2 Å². The molecule has 1 heterocycles. The van der Waals surface area contributed by atoms with Gasteiger partial charge in [0, 0.05) is 24.7 Å². The van der Waals surface area contributed by atoms with Crippen LogP contribution >= 0.6 is 24.0 Å². The van der Waals surface area contributed by atoms with Gasteiger partial charge in [0.25, 0.3) is 0 Å². The maximum atomic E-state index is 12.1. The van der Waals surface area contributed by atoms with E-state index in [9.17, 15) is 9.59 Å². The number of piperazine rings is 1. The molecule has 0 aliphatic carbocycles. The van der Waals surface area contributed by atoms with E-state index >= 15 is 0 Å². The van der Waals surface area contributed by atoms with Gasteiger partial charge < -0.3 is 16.0 Å². The molecule has 3 N–H and O–H groups in total. The summed E-state index contributed by atoms with van der Waals surface area (Å²) in [5.74, 6) is -0.861. The lowest BCUT2D eigenvalue weighted by Crippen LogP contribution is -2.49. The molecular formula is C13H17Cl2N3O2. The van der Waals surface area contributed by atoms with Crippen LogP contribution in [0.5, 0.6) is 0 Å². The Bertz CT molecular complexity index is 496. The molecule has 1 saturated heterocycles. The first-order valence-electron chi connectivity index (χ1n) is 6.12. The van der Waals surface area contributed by atoms with E-state index in [-0.39, 0.29) is 30.8 Å². The number of hydrogen-bond donors (Lipinski definition) is 2. The number of hydrogen-bond acceptors (Lipinski definition) is 3. The number of rotatable bonds is 3. The second kappa shape index (κ2) is 7.47. The number of nitrogens with one attached hydrogen (secondary N) is 1. The molecule has 2 rings (SSSR count). The van der Waals surface area contributed by atoms with Gasteiger partial charge in [-0.05, 0) is 11.6 Å². The molecule has 5 nitrogen and oxygen atoms in total. The fourth-order valence-corrected chi connectivity index (χ4v) is 2.54. The number of nitrogens with two attached hydrogens (primary N) is 1. The van der Waals surface area contributed by atoms with Crippen LogP contribution in [0.1, 0.15) is 18.0 Å². The zero-order valence-corrected chi connectivity index (χ0v) is 12.4. The average Bonchev–Trinajstić information content (AvgIpc) is 2.38. The molecule has 1 fully saturated rings. The van der Waals surface area contributed by atoms with Crippen LogP contribution in [0.2, 0.25) is 5.02 Å². The van der Waals surface area contributed by atoms with Crippen molar-refractivity contribution in [3.8, 4) is 0 Å². The summed E-state index contributed by atoms with van der Waals surface area (Å²) < 4.78 is 0. The number of carbonyl (C=O) groups excluding carboxylic acids is 2. The molecule has 0 bridgehead atoms. The number of carbonyl (C=O) groups is 2. The Morgan fingerprint density at radius 1 is 1.40 bits per heavy atom. The Hall–Kier alpha value is -1.30. The van der Waals surface area contributed by atoms with Crippen LogP contribution in [0.25, 0.3) is 0 Å². The normalized spacial score (nSPS) is 18.2. The lowest BCUT2D eigenvalue weighted by atomic mass is 10.0. The number of halogens is 2. The standard InChI is InChI=1S/C13H16ClN3O2.ClH/c14-10-4-2-1-3-9(10)11-8-16-5-6-17(11)13(19)7-12(15)18;/h1-4,11,16H,5-8H2,(H2,15,18);1H. The van der Waals surface area contributed by atoms with Crippen molar-refractivity contribution < 1.29 is 9.59 Å². The van der Waals surface area contributed by atoms with Crippen molar-refractivity contribution in [2.24, 2.45) is 5.73 Å². The van der Waals surface area contributed by atoms with Gasteiger partial charge in [-0.1, -0.05) is 29.8 Å². The second-order valence-corrected chi connectivity index (χ2v) is 4.88. The van der Waals surface area contributed by atoms with Gasteiger partial charge in [0.2, 0.25) is 11.8 Å². The third-order valence-electron chi connectivity index (χ3n) is 3.15. The highest BCUT2D eigenvalue weighted by Crippen LogP contribution is 2.28. The van der Waals surface area contributed by atoms with Crippen LogP contribution < -0.4 is 11.1 Å². The summed E-state index contributed by atoms with van der Waals surface area (Å²) in [5.41, 5.74) is 5.97. The summed E-state index contributed by atoms with van der Waals surface area (Å²) in [6, 6.07) is 7.26. The zero-order chi connectivity index (χ0) is 13.8. The lowest BCUT2D eigenvalue weighted by Gasteiger charge is -2.36. The third-order valence-corrected chi connectivity index (χ3v) is 3.50. The molecule has 1 aliphatic rings. The predicted molar refractivity (Wildman–Crippen MR) is 79.8 cm³/mol. The molecule has 0 spiro atoms. The Kier molecular flexibility index (Phi) is 6.26. The SMILES string of the molecule is Cl.NC(=O)CC(=O)N1CCNCC1c1ccccc1Cl. The van der Waals surface area contributed by atoms with Gasteiger partial charge in [-0.25, -0.2) is 0 Å². The number of primary amides is 1. The fraction of sp³-hybridized carbons (Fsp3) is 0.385. The van der Waals surface area contributed by atoms with E-state index in [0.29, 0.717) is 24.7 Å². The maximum Gasteiger partial charge on any atom is 0.232 e. The highest BCUT2D eigenvalue weighted by atomic mass is 35.5. The number of nitrogens with zero attached hydrogens (tertiary/aromatic N) is 1. The Balaban J connectivity index is 0.00000200. The Labute approximate surface area is 128 Å². The minimum Gasteiger partial charge on any atom is -0.369 e. The van der Waals surface area contributed by atoms with E-state index in [4.69, 9.17) is 17.3 Å². The minimum atomic E-state index is -0.610. The molecule has 2 amide bonds. The summed E-state index contributed by atoms with van der Waals surface area (Å²) in [7, 11) is 0. The van der Waals surface area contributed by atoms with E-state index < -0.39 is 5.91 Å². The van der Waals surface area contributed by atoms with E-state index in [1.165, 1.54) is 0 Å². The van der Waals surface area contributed by atoms with Crippen molar-refractivity contribution in [3.05, 3.63) is 34.9 Å². The molecular weight excluding hydrogens is 301 g/mol. The molecule has 20 heavy (non-hydrogen) atoms. The molecule has 1 atom stereocenters. The highest BCUT2D eigenvalue weighted by molar-refractivity contribution is 6.31. The van der Waals surface area contributed by atoms with Gasteiger partial charge in [0.05, 0.1) is 6.04 Å². The van der Waals surface area contributed by atoms with Crippen LogP contribution in [-0.4, -0.2) is 36.3 Å². The summed E-state index contributed by atoms with van der Waals surface area (Å²) in [6.07, 6.45) is -0.263. The maximum absolute atomic E-state index is 12.1. The van der Waals surface area contributed by atoms with E-state index in [2.05, 4.69) is 5.32 Å². The summed E-state index contributed by atoms with van der Waals surface area (Å²) in [5, 5.41) is 3.85. The number of amides is 2. The van der Waals surface area contributed by atoms with Crippen LogP contribution in [-0.2, 0) is 9.59 Å². The molecule has 110 valence electrons. The van der Waals surface area contributed by atoms with Crippen LogP contribution in [0.4, 0.5) is 0 Å². The summed E-state index contributed by atoms with van der Waals surface area (Å²) in [6.45, 7) is 1.86. The largest absolute Gasteiger partial charge is 0.369 e. The zero-order valence-electron chi connectivity index (χ0n) is 10.8. The monoisotopic (exact) mass is 317 g/mol. The van der Waals surface area contributed by atoms with Gasteiger partial charge in [-0.3, -0.25) is 9.59 Å². The van der Waals surface area contributed by atoms with Crippen molar-refractivity contribution in [2.45, 2.75) is 12.5 Å². The van der Waals surface area contributed by atoms with Gasteiger partial charge in [-0.2, -0.15) is 0 Å². The van der Waals surface area contributed by atoms with Crippen molar-refractivity contribution >= 4 is 35.8 Å². The second-order valence-electron chi connectivity index (χ2n) is 4.47. The molecule has 1 aromatic rings. The smallest absolute Gasteiger partial charge is 0.232 e. The molecule has 7 heteroatoms. The summed E-state index contributed by atoms with van der Waals surface area (Å²) >= 11 is 6.18. The molecule has 1 unspecified atom stereocenters. The Morgan fingerprint density at radius 3 is 2.75 bits per heavy atom. The van der Waals surface area contributed by atoms with Crippen molar-refractivity contribution in [2.75, 3.05) is 19.6 Å². The molecule has 0 saturated carbocycles. The van der Waals surface area contributed by atoms with Crippen LogP contribution in [0.3, 0.4) is 0 Å². The first-order chi connectivity index (χ1) is 9.09. The van der Waals surface area contributed by atoms with Gasteiger partial charge >= 0.3 is 0 Å². The van der Waals surface area contributed by atoms with Crippen LogP contribution in [0, 0.1) is 0 Å². The third kappa shape index (κ3) is 3.85. The van der Waals surface area contributed by atoms with E-state index in [0.717, 1.165) is 5.56 Å². The summed E-state index contributed by atoms with van der Waals surface area (Å²) in [4.78, 5) is 24.6. The molecule has 0 radical (unpaired) electrons. The van der Waals surface area contributed by atoms with E-state index in [1.807, 2.05) is 18.2 Å². The van der Waals surface area contributed by atoms with Gasteiger partial charge in [0.15, 0.2) is 0 Å². The quantitative estimate of drug-likeness (QED) is 0.820. The first-order valence-corrected chi connectivity index (χ1v) is 6.50. The highest BCUT2D eigenvalue weighted by Gasteiger charge is 2.29. The Morgan fingerprint density at radius 2 is 2.10 bits per heavy atom. The fourth-order valence-electron chi connectivity index (χ4n) is 2.28. The van der Waals surface area contributed by atoms with E-state index in [1.54, 1.807) is 11.0 Å². The van der Waals surface area contributed by atoms with Gasteiger partial charge in [0.1, 0.15) is 6.42 Å². The molecule has 0 aromatic heterocycles. The van der Waals surface area contributed by atoms with Crippen LogP contribution in [0.15, 0.2) is 24.3 Å². The average molecular weight is 318 g/mol. The first kappa shape index (κ1) is 16.8. The molecule has 1 aromatic carbocycles. The lowest BCUT2D eigenvalue weighted by molar-refractivity contribution is -0.137. The minimum absolute atomic E-state index is 0. The molecule has 1 aliphatic heterocycles. The van der Waals surface area contributed by atoms with Crippen molar-refractivity contribution in [3.63, 3.8) is 0 Å². The topological polar surface area (TPSA) is 75.4 Å². The predicted octanol–water partition coefficient (Wildman–Crippen LogP) is 1.11.